The van der Waals surface area contributed by atoms with Gasteiger partial charge in [-0.1, -0.05) is 35.0 Å². The molecule has 3 amide bonds. The van der Waals surface area contributed by atoms with Crippen molar-refractivity contribution in [1.82, 2.24) is 25.9 Å². The average Bonchev–Trinajstić information content (AvgIpc) is 3.07. The molecule has 2 aromatic rings. The first-order chi connectivity index (χ1) is 12.3. The molecule has 2 rings (SSSR count). The highest BCUT2D eigenvalue weighted by Gasteiger charge is 2.39. The van der Waals surface area contributed by atoms with Crippen molar-refractivity contribution in [1.29, 1.82) is 0 Å². The molecule has 0 saturated heterocycles. The third-order valence-electron chi connectivity index (χ3n) is 3.90. The lowest BCUT2D eigenvalue weighted by Crippen LogP contribution is -2.49. The van der Waals surface area contributed by atoms with Gasteiger partial charge in [0.25, 0.3) is 0 Å². The Hall–Kier alpha value is -2.49. The Bertz CT molecular complexity index is 734. The molecule has 0 fully saturated rings. The molecule has 0 radical (unpaired) electrons. The molecule has 0 aliphatic heterocycles. The number of nitrogens with one attached hydrogen (secondary N) is 3. The van der Waals surface area contributed by atoms with Gasteiger partial charge in [0, 0.05) is 23.1 Å². The first kappa shape index (κ1) is 19.8. The predicted molar refractivity (Wildman–Crippen MR) is 100 cm³/mol. The van der Waals surface area contributed by atoms with Gasteiger partial charge < -0.3 is 16.4 Å². The highest BCUT2D eigenvalue weighted by Crippen LogP contribution is 2.29. The van der Waals surface area contributed by atoms with Gasteiger partial charge in [0.1, 0.15) is 0 Å². The van der Waals surface area contributed by atoms with Crippen LogP contribution in [0.2, 0.25) is 0 Å². The van der Waals surface area contributed by atoms with Crippen LogP contribution >= 0.6 is 15.9 Å². The zero-order valence-electron chi connectivity index (χ0n) is 14.6. The summed E-state index contributed by atoms with van der Waals surface area (Å²) >= 11 is 3.34. The molecule has 1 unspecified atom stereocenters. The van der Waals surface area contributed by atoms with Gasteiger partial charge in [0.2, 0.25) is 5.91 Å². The van der Waals surface area contributed by atoms with Crippen LogP contribution in [-0.4, -0.2) is 39.1 Å². The monoisotopic (exact) mass is 423 g/mol. The van der Waals surface area contributed by atoms with Crippen molar-refractivity contribution < 1.29 is 9.59 Å². The third kappa shape index (κ3) is 5.51. The minimum atomic E-state index is -1.00. The van der Waals surface area contributed by atoms with Gasteiger partial charge in [-0.2, -0.15) is 5.21 Å². The number of aromatic nitrogens is 4. The second-order valence-electron chi connectivity index (χ2n) is 6.56. The van der Waals surface area contributed by atoms with Crippen molar-refractivity contribution in [3.8, 4) is 0 Å². The molecule has 0 bridgehead atoms. The molecule has 0 spiro atoms. The fraction of sp³-hybridized carbons (Fsp3) is 0.438. The number of carbonyl (C=O) groups is 2. The van der Waals surface area contributed by atoms with Crippen LogP contribution in [0.1, 0.15) is 26.1 Å². The van der Waals surface area contributed by atoms with Crippen LogP contribution in [0.25, 0.3) is 0 Å². The van der Waals surface area contributed by atoms with Crippen molar-refractivity contribution in [2.75, 3.05) is 11.9 Å². The van der Waals surface area contributed by atoms with Gasteiger partial charge >= 0.3 is 6.03 Å². The third-order valence-corrected chi connectivity index (χ3v) is 4.43. The number of nitrogens with zero attached hydrogens (tertiary/aromatic N) is 3. The van der Waals surface area contributed by atoms with E-state index in [2.05, 4.69) is 47.2 Å². The van der Waals surface area contributed by atoms with Crippen LogP contribution in [-0.2, 0) is 11.2 Å². The first-order valence-electron chi connectivity index (χ1n) is 8.13. The number of benzene rings is 1. The maximum Gasteiger partial charge on any atom is 0.319 e. The predicted octanol–water partition coefficient (Wildman–Crippen LogP) is 1.84. The number of hydrogen-bond acceptors (Lipinski definition) is 5. The summed E-state index contributed by atoms with van der Waals surface area (Å²) in [4.78, 5) is 24.5. The molecule has 1 aromatic carbocycles. The highest BCUT2D eigenvalue weighted by atomic mass is 79.9. The number of amides is 3. The Kier molecular flexibility index (Phi) is 6.67. The van der Waals surface area contributed by atoms with E-state index in [0.717, 1.165) is 4.47 Å². The maximum atomic E-state index is 12.3. The number of tetrazole rings is 1. The van der Waals surface area contributed by atoms with E-state index in [-0.39, 0.29) is 18.9 Å². The number of rotatable bonds is 8. The molecule has 0 aliphatic rings. The van der Waals surface area contributed by atoms with E-state index in [9.17, 15) is 9.59 Å². The standard InChI is InChI=1S/C16H22BrN7O2/c1-10(2)7-16(14(18)25,8-13-21-23-24-22-13)9-19-15(26)20-12-5-3-11(17)4-6-12/h3-6,10H,7-9H2,1-2H3,(H2,18,25)(H2,19,20,26)(H,21,22,23,24). The van der Waals surface area contributed by atoms with E-state index in [1.165, 1.54) is 0 Å². The van der Waals surface area contributed by atoms with Gasteiger partial charge in [-0.3, -0.25) is 4.79 Å². The summed E-state index contributed by atoms with van der Waals surface area (Å²) in [7, 11) is 0. The number of carbonyl (C=O) groups excluding carboxylic acids is 2. The number of hydrogen-bond donors (Lipinski definition) is 4. The molecule has 1 atom stereocenters. The minimum absolute atomic E-state index is 0.0669. The molecule has 10 heteroatoms. The van der Waals surface area contributed by atoms with Crippen molar-refractivity contribution in [3.05, 3.63) is 34.6 Å². The zero-order valence-corrected chi connectivity index (χ0v) is 16.2. The highest BCUT2D eigenvalue weighted by molar-refractivity contribution is 9.10. The summed E-state index contributed by atoms with van der Waals surface area (Å²) in [6, 6.07) is 6.74. The van der Waals surface area contributed by atoms with Gasteiger partial charge in [0.05, 0.1) is 5.41 Å². The van der Waals surface area contributed by atoms with E-state index >= 15 is 0 Å². The lowest BCUT2D eigenvalue weighted by molar-refractivity contribution is -0.128. The number of halogens is 1. The SMILES string of the molecule is CC(C)CC(CNC(=O)Nc1ccc(Br)cc1)(Cc1nn[nH]n1)C(N)=O. The molecule has 1 aromatic heterocycles. The Balaban J connectivity index is 2.08. The topological polar surface area (TPSA) is 139 Å². The summed E-state index contributed by atoms with van der Waals surface area (Å²) in [6.07, 6.45) is 0.672. The minimum Gasteiger partial charge on any atom is -0.369 e. The summed E-state index contributed by atoms with van der Waals surface area (Å²) < 4.78 is 0.910. The van der Waals surface area contributed by atoms with Crippen molar-refractivity contribution in [2.45, 2.75) is 26.7 Å². The van der Waals surface area contributed by atoms with Gasteiger partial charge in [-0.25, -0.2) is 4.79 Å². The smallest absolute Gasteiger partial charge is 0.319 e. The number of primary amides is 1. The van der Waals surface area contributed by atoms with Crippen LogP contribution in [0.5, 0.6) is 0 Å². The summed E-state index contributed by atoms with van der Waals surface area (Å²) in [5, 5.41) is 19.1. The molecule has 26 heavy (non-hydrogen) atoms. The van der Waals surface area contributed by atoms with E-state index in [1.807, 2.05) is 26.0 Å². The Morgan fingerprint density at radius 2 is 2.00 bits per heavy atom. The second-order valence-corrected chi connectivity index (χ2v) is 7.48. The number of H-pyrrole nitrogens is 1. The van der Waals surface area contributed by atoms with Crippen LogP contribution in [0.15, 0.2) is 28.7 Å². The lowest BCUT2D eigenvalue weighted by atomic mass is 9.76. The maximum absolute atomic E-state index is 12.3. The Morgan fingerprint density at radius 1 is 1.31 bits per heavy atom. The van der Waals surface area contributed by atoms with Crippen molar-refractivity contribution in [3.63, 3.8) is 0 Å². The molecule has 140 valence electrons. The molecule has 0 aliphatic carbocycles. The van der Waals surface area contributed by atoms with Crippen LogP contribution < -0.4 is 16.4 Å². The van der Waals surface area contributed by atoms with Crippen LogP contribution in [0, 0.1) is 11.3 Å². The summed E-state index contributed by atoms with van der Waals surface area (Å²) in [5.74, 6) is 0.0465. The van der Waals surface area contributed by atoms with E-state index in [1.54, 1.807) is 12.1 Å². The fourth-order valence-electron chi connectivity index (χ4n) is 2.78. The molecule has 0 saturated carbocycles. The second kappa shape index (κ2) is 8.75. The fourth-order valence-corrected chi connectivity index (χ4v) is 3.05. The summed E-state index contributed by atoms with van der Waals surface area (Å²) in [5.41, 5.74) is 5.32. The van der Waals surface area contributed by atoms with Crippen molar-refractivity contribution in [2.24, 2.45) is 17.1 Å². The number of anilines is 1. The largest absolute Gasteiger partial charge is 0.369 e. The van der Waals surface area contributed by atoms with Crippen LogP contribution in [0.3, 0.4) is 0 Å². The number of nitrogens with two attached hydrogens (primary N) is 1. The molecule has 9 nitrogen and oxygen atoms in total. The number of aromatic amines is 1. The van der Waals surface area contributed by atoms with E-state index in [4.69, 9.17) is 5.73 Å². The van der Waals surface area contributed by atoms with E-state index in [0.29, 0.717) is 17.9 Å². The van der Waals surface area contributed by atoms with Gasteiger partial charge in [-0.15, -0.1) is 10.2 Å². The van der Waals surface area contributed by atoms with Crippen molar-refractivity contribution >= 4 is 33.6 Å². The average molecular weight is 424 g/mol. The Labute approximate surface area is 159 Å². The van der Waals surface area contributed by atoms with Crippen LogP contribution in [0.4, 0.5) is 10.5 Å². The normalized spacial score (nSPS) is 13.2. The van der Waals surface area contributed by atoms with Gasteiger partial charge in [-0.05, 0) is 36.6 Å². The Morgan fingerprint density at radius 3 is 2.54 bits per heavy atom. The summed E-state index contributed by atoms with van der Waals surface area (Å²) in [6.45, 7) is 4.03. The molecular formula is C16H22BrN7O2. The van der Waals surface area contributed by atoms with Gasteiger partial charge in [0.15, 0.2) is 5.82 Å². The molecular weight excluding hydrogens is 402 g/mol. The quantitative estimate of drug-likeness (QED) is 0.512. The lowest BCUT2D eigenvalue weighted by Gasteiger charge is -2.31. The zero-order chi connectivity index (χ0) is 19.2. The first-order valence-corrected chi connectivity index (χ1v) is 8.93. The molecule has 1 heterocycles. The number of urea groups is 1. The molecule has 5 N–H and O–H groups in total. The van der Waals surface area contributed by atoms with E-state index < -0.39 is 17.4 Å².